The van der Waals surface area contributed by atoms with Gasteiger partial charge in [0.1, 0.15) is 6.10 Å². The molecule has 4 nitrogen and oxygen atoms in total. The van der Waals surface area contributed by atoms with E-state index in [0.717, 1.165) is 50.5 Å². The number of rotatable bonds is 4. The zero-order chi connectivity index (χ0) is 16.9. The number of fused-ring (bicyclic) bond motifs is 1. The minimum atomic E-state index is -0.108. The van der Waals surface area contributed by atoms with Gasteiger partial charge in [0.25, 0.3) is 0 Å². The number of carbonyl (C=O) groups is 2. The zero-order valence-corrected chi connectivity index (χ0v) is 15.2. The molecule has 0 aromatic heterocycles. The lowest BCUT2D eigenvalue weighted by Gasteiger charge is -2.39. The van der Waals surface area contributed by atoms with Crippen LogP contribution in [-0.2, 0) is 14.3 Å². The van der Waals surface area contributed by atoms with E-state index < -0.39 is 0 Å². The van der Waals surface area contributed by atoms with Gasteiger partial charge in [0.2, 0.25) is 5.91 Å². The van der Waals surface area contributed by atoms with E-state index >= 15 is 0 Å². The molecule has 0 bridgehead atoms. The first-order valence-electron chi connectivity index (χ1n) is 10.2. The third-order valence-corrected chi connectivity index (χ3v) is 6.35. The van der Waals surface area contributed by atoms with Crippen LogP contribution in [-0.4, -0.2) is 36.0 Å². The van der Waals surface area contributed by atoms with Gasteiger partial charge in [-0.05, 0) is 50.4 Å². The lowest BCUT2D eigenvalue weighted by Crippen LogP contribution is -2.43. The number of carbonyl (C=O) groups excluding carboxylic acids is 2. The second-order valence-electron chi connectivity index (χ2n) is 8.11. The van der Waals surface area contributed by atoms with Crippen LogP contribution in [0.15, 0.2) is 0 Å². The fraction of sp³-hybridized carbons (Fsp3) is 0.900. The van der Waals surface area contributed by atoms with E-state index in [-0.39, 0.29) is 23.9 Å². The second-order valence-corrected chi connectivity index (χ2v) is 8.11. The molecular formula is C20H33NO3. The highest BCUT2D eigenvalue weighted by atomic mass is 16.5. The summed E-state index contributed by atoms with van der Waals surface area (Å²) in [6, 6.07) is 0. The van der Waals surface area contributed by atoms with Crippen LogP contribution in [0.25, 0.3) is 0 Å². The van der Waals surface area contributed by atoms with Crippen molar-refractivity contribution < 1.29 is 14.3 Å². The van der Waals surface area contributed by atoms with E-state index in [1.54, 1.807) is 0 Å². The Morgan fingerprint density at radius 2 is 1.79 bits per heavy atom. The Morgan fingerprint density at radius 1 is 1.00 bits per heavy atom. The molecule has 3 aliphatic rings. The molecular weight excluding hydrogens is 302 g/mol. The molecule has 4 heteroatoms. The average Bonchev–Trinajstić information content (AvgIpc) is 2.62. The smallest absolute Gasteiger partial charge is 0.311 e. The van der Waals surface area contributed by atoms with Gasteiger partial charge in [0.05, 0.1) is 5.92 Å². The van der Waals surface area contributed by atoms with Gasteiger partial charge in [0, 0.05) is 19.5 Å². The molecule has 0 aromatic carbocycles. The number of amides is 1. The van der Waals surface area contributed by atoms with E-state index in [1.807, 2.05) is 11.8 Å². The van der Waals surface area contributed by atoms with Crippen molar-refractivity contribution in [1.29, 1.82) is 0 Å². The summed E-state index contributed by atoms with van der Waals surface area (Å²) in [4.78, 5) is 26.6. The van der Waals surface area contributed by atoms with Crippen molar-refractivity contribution in [2.45, 2.75) is 83.7 Å². The van der Waals surface area contributed by atoms with E-state index in [4.69, 9.17) is 4.74 Å². The molecule has 4 atom stereocenters. The molecule has 1 heterocycles. The number of ether oxygens (including phenoxy) is 1. The Bertz CT molecular complexity index is 450. The summed E-state index contributed by atoms with van der Waals surface area (Å²) in [5, 5.41) is 0. The number of likely N-dealkylation sites (tertiary alicyclic amines) is 1. The Morgan fingerprint density at radius 3 is 2.58 bits per heavy atom. The number of piperidine rings is 1. The quantitative estimate of drug-likeness (QED) is 0.731. The Hall–Kier alpha value is -1.06. The Balaban J connectivity index is 1.48. The molecule has 2 aliphatic carbocycles. The summed E-state index contributed by atoms with van der Waals surface area (Å²) in [7, 11) is 0. The molecule has 136 valence electrons. The summed E-state index contributed by atoms with van der Waals surface area (Å²) in [6.07, 6.45) is 12.1. The largest absolute Gasteiger partial charge is 0.462 e. The van der Waals surface area contributed by atoms with Crippen molar-refractivity contribution in [3.05, 3.63) is 0 Å². The molecule has 1 saturated heterocycles. The third-order valence-electron chi connectivity index (χ3n) is 6.35. The summed E-state index contributed by atoms with van der Waals surface area (Å²) in [6.45, 7) is 3.39. The molecule has 1 aliphatic heterocycles. The van der Waals surface area contributed by atoms with Gasteiger partial charge in [-0.2, -0.15) is 0 Å². The molecule has 0 spiro atoms. The van der Waals surface area contributed by atoms with Crippen molar-refractivity contribution in [1.82, 2.24) is 4.90 Å². The van der Waals surface area contributed by atoms with Crippen LogP contribution in [0.4, 0.5) is 0 Å². The first-order valence-corrected chi connectivity index (χ1v) is 10.2. The molecule has 24 heavy (non-hydrogen) atoms. The lowest BCUT2D eigenvalue weighted by atomic mass is 9.70. The highest BCUT2D eigenvalue weighted by Gasteiger charge is 2.36. The summed E-state index contributed by atoms with van der Waals surface area (Å²) < 4.78 is 5.89. The second kappa shape index (κ2) is 8.35. The fourth-order valence-electron chi connectivity index (χ4n) is 4.97. The standard InChI is InChI=1S/C20H33NO3/c1-2-6-19(22)21-12-5-9-17(14-21)20(23)24-18-11-10-15-7-3-4-8-16(15)13-18/h15-18H,2-14H2,1H3/t15-,16-,17+,18-/m1/s1. The maximum absolute atomic E-state index is 12.6. The van der Waals surface area contributed by atoms with E-state index in [2.05, 4.69) is 0 Å². The maximum atomic E-state index is 12.6. The Labute approximate surface area is 146 Å². The third kappa shape index (κ3) is 4.31. The van der Waals surface area contributed by atoms with Gasteiger partial charge in [-0.3, -0.25) is 9.59 Å². The van der Waals surface area contributed by atoms with Crippen LogP contribution in [0.2, 0.25) is 0 Å². The molecule has 2 saturated carbocycles. The highest BCUT2D eigenvalue weighted by molar-refractivity contribution is 5.78. The van der Waals surface area contributed by atoms with Gasteiger partial charge < -0.3 is 9.64 Å². The minimum Gasteiger partial charge on any atom is -0.462 e. The summed E-state index contributed by atoms with van der Waals surface area (Å²) >= 11 is 0. The van der Waals surface area contributed by atoms with Crippen molar-refractivity contribution >= 4 is 11.9 Å². The molecule has 0 aromatic rings. The minimum absolute atomic E-state index is 0.0525. The van der Waals surface area contributed by atoms with Crippen LogP contribution in [0.5, 0.6) is 0 Å². The van der Waals surface area contributed by atoms with Gasteiger partial charge in [-0.15, -0.1) is 0 Å². The van der Waals surface area contributed by atoms with Crippen LogP contribution >= 0.6 is 0 Å². The van der Waals surface area contributed by atoms with Crippen LogP contribution in [0, 0.1) is 17.8 Å². The zero-order valence-electron chi connectivity index (χ0n) is 15.2. The van der Waals surface area contributed by atoms with Gasteiger partial charge in [0.15, 0.2) is 0 Å². The fourth-order valence-corrected chi connectivity index (χ4v) is 4.97. The van der Waals surface area contributed by atoms with Crippen LogP contribution in [0.1, 0.15) is 77.6 Å². The monoisotopic (exact) mass is 335 g/mol. The number of hydrogen-bond acceptors (Lipinski definition) is 3. The Kier molecular flexibility index (Phi) is 6.18. The number of esters is 1. The number of nitrogens with zero attached hydrogens (tertiary/aromatic N) is 1. The first kappa shape index (κ1) is 17.8. The van der Waals surface area contributed by atoms with Crippen molar-refractivity contribution in [2.75, 3.05) is 13.1 Å². The molecule has 0 unspecified atom stereocenters. The van der Waals surface area contributed by atoms with Gasteiger partial charge >= 0.3 is 5.97 Å². The topological polar surface area (TPSA) is 46.6 Å². The number of hydrogen-bond donors (Lipinski definition) is 0. The maximum Gasteiger partial charge on any atom is 0.311 e. The molecule has 1 amide bonds. The molecule has 0 radical (unpaired) electrons. The molecule has 0 N–H and O–H groups in total. The van der Waals surface area contributed by atoms with Gasteiger partial charge in [-0.1, -0.05) is 32.6 Å². The summed E-state index contributed by atoms with van der Waals surface area (Å²) in [5.41, 5.74) is 0. The molecule has 3 fully saturated rings. The average molecular weight is 335 g/mol. The van der Waals surface area contributed by atoms with Crippen LogP contribution in [0.3, 0.4) is 0 Å². The molecule has 3 rings (SSSR count). The van der Waals surface area contributed by atoms with Crippen molar-refractivity contribution in [3.8, 4) is 0 Å². The van der Waals surface area contributed by atoms with E-state index in [1.165, 1.54) is 32.1 Å². The predicted molar refractivity (Wildman–Crippen MR) is 93.4 cm³/mol. The predicted octanol–water partition coefficient (Wildman–Crippen LogP) is 3.93. The summed E-state index contributed by atoms with van der Waals surface area (Å²) in [5.74, 6) is 1.69. The lowest BCUT2D eigenvalue weighted by molar-refractivity contribution is -0.160. The van der Waals surface area contributed by atoms with E-state index in [9.17, 15) is 9.59 Å². The highest BCUT2D eigenvalue weighted by Crippen LogP contribution is 2.41. The van der Waals surface area contributed by atoms with Crippen molar-refractivity contribution in [3.63, 3.8) is 0 Å². The van der Waals surface area contributed by atoms with E-state index in [0.29, 0.717) is 13.0 Å². The van der Waals surface area contributed by atoms with Crippen molar-refractivity contribution in [2.24, 2.45) is 17.8 Å². The van der Waals surface area contributed by atoms with Gasteiger partial charge in [-0.25, -0.2) is 0 Å². The SMILES string of the molecule is CCCC(=O)N1CCC[C@H](C(=O)O[C@@H]2CC[C@H]3CCCC[C@@H]3C2)C1. The first-order chi connectivity index (χ1) is 11.7. The normalized spacial score (nSPS) is 33.6. The van der Waals surface area contributed by atoms with Crippen LogP contribution < -0.4 is 0 Å².